The number of allylic oxidation sites excluding steroid dienone is 1. The van der Waals surface area contributed by atoms with E-state index in [0.29, 0.717) is 5.56 Å². The van der Waals surface area contributed by atoms with Gasteiger partial charge in [-0.05, 0) is 17.7 Å². The third kappa shape index (κ3) is 3.67. The topological polar surface area (TPSA) is 58.6 Å². The maximum absolute atomic E-state index is 8.47. The molecule has 4 heteroatoms. The number of hydrogen-bond acceptors (Lipinski definition) is 3. The van der Waals surface area contributed by atoms with Gasteiger partial charge in [0.2, 0.25) is 0 Å². The second-order valence-electron chi connectivity index (χ2n) is 3.02. The van der Waals surface area contributed by atoms with Gasteiger partial charge in [-0.25, -0.2) is 0 Å². The first kappa shape index (κ1) is 11.7. The molecule has 0 fully saturated rings. The lowest BCUT2D eigenvalue weighted by Crippen LogP contribution is -2.12. The second kappa shape index (κ2) is 6.14. The summed E-state index contributed by atoms with van der Waals surface area (Å²) >= 11 is 4.11. The van der Waals surface area contributed by atoms with E-state index >= 15 is 0 Å². The Hall–Kier alpha value is -1.42. The lowest BCUT2D eigenvalue weighted by molar-refractivity contribution is 0.318. The van der Waals surface area contributed by atoms with E-state index in [1.54, 1.807) is 0 Å². The minimum absolute atomic E-state index is 0.126. The van der Waals surface area contributed by atoms with E-state index in [1.807, 2.05) is 30.3 Å². The van der Waals surface area contributed by atoms with Crippen molar-refractivity contribution < 1.29 is 5.21 Å². The van der Waals surface area contributed by atoms with Crippen LogP contribution in [0.1, 0.15) is 17.5 Å². The van der Waals surface area contributed by atoms with Gasteiger partial charge >= 0.3 is 0 Å². The average Bonchev–Trinajstić information content (AvgIpc) is 2.29. The molecule has 0 spiro atoms. The number of nitrogens with zero attached hydrogens (tertiary/aromatic N) is 1. The molecule has 80 valence electrons. The molecule has 0 bridgehead atoms. The van der Waals surface area contributed by atoms with Crippen LogP contribution in [0.15, 0.2) is 35.5 Å². The van der Waals surface area contributed by atoms with E-state index < -0.39 is 0 Å². The predicted octanol–water partition coefficient (Wildman–Crippen LogP) is 2.11. The molecule has 0 aliphatic heterocycles. The van der Waals surface area contributed by atoms with Crippen LogP contribution >= 0.6 is 12.6 Å². The molecule has 0 aliphatic rings. The summed E-state index contributed by atoms with van der Waals surface area (Å²) in [5.74, 6) is 0.972. The van der Waals surface area contributed by atoms with E-state index in [2.05, 4.69) is 23.9 Å². The smallest absolute Gasteiger partial charge is 0.170 e. The fraction of sp³-hybridized carbons (Fsp3) is 0.182. The van der Waals surface area contributed by atoms with E-state index in [-0.39, 0.29) is 5.84 Å². The SMILES string of the molecule is NC(=NO)c1ccc(C=CCCS)cc1. The monoisotopic (exact) mass is 222 g/mol. The fourth-order valence-electron chi connectivity index (χ4n) is 1.12. The molecule has 0 radical (unpaired) electrons. The van der Waals surface area contributed by atoms with Crippen LogP contribution in [-0.2, 0) is 0 Å². The predicted molar refractivity (Wildman–Crippen MR) is 66.5 cm³/mol. The normalized spacial score (nSPS) is 12.2. The van der Waals surface area contributed by atoms with E-state index in [4.69, 9.17) is 10.9 Å². The van der Waals surface area contributed by atoms with Gasteiger partial charge in [-0.3, -0.25) is 0 Å². The summed E-state index contributed by atoms with van der Waals surface area (Å²) in [6.45, 7) is 0. The van der Waals surface area contributed by atoms with E-state index in [0.717, 1.165) is 17.7 Å². The van der Waals surface area contributed by atoms with Crippen molar-refractivity contribution in [2.75, 3.05) is 5.75 Å². The van der Waals surface area contributed by atoms with Crippen molar-refractivity contribution in [3.05, 3.63) is 41.5 Å². The molecular weight excluding hydrogens is 208 g/mol. The van der Waals surface area contributed by atoms with Gasteiger partial charge in [0.05, 0.1) is 0 Å². The molecule has 1 aromatic carbocycles. The molecule has 0 aromatic heterocycles. The number of nitrogens with two attached hydrogens (primary N) is 1. The number of amidine groups is 1. The second-order valence-corrected chi connectivity index (χ2v) is 3.47. The maximum atomic E-state index is 8.47. The van der Waals surface area contributed by atoms with Gasteiger partial charge in [0.1, 0.15) is 0 Å². The number of rotatable bonds is 4. The zero-order chi connectivity index (χ0) is 11.1. The average molecular weight is 222 g/mol. The first-order valence-electron chi connectivity index (χ1n) is 4.63. The zero-order valence-corrected chi connectivity index (χ0v) is 9.19. The van der Waals surface area contributed by atoms with Crippen LogP contribution in [0, 0.1) is 0 Å². The van der Waals surface area contributed by atoms with Gasteiger partial charge < -0.3 is 10.9 Å². The largest absolute Gasteiger partial charge is 0.409 e. The van der Waals surface area contributed by atoms with Crippen molar-refractivity contribution in [3.8, 4) is 0 Å². The highest BCUT2D eigenvalue weighted by atomic mass is 32.1. The number of thiol groups is 1. The Balaban J connectivity index is 2.72. The van der Waals surface area contributed by atoms with Crippen molar-refractivity contribution in [1.82, 2.24) is 0 Å². The number of hydrogen-bond donors (Lipinski definition) is 3. The van der Waals surface area contributed by atoms with E-state index in [1.165, 1.54) is 0 Å². The Bertz CT molecular complexity index is 357. The Morgan fingerprint density at radius 2 is 2.07 bits per heavy atom. The molecule has 1 aromatic rings. The highest BCUT2D eigenvalue weighted by molar-refractivity contribution is 7.80. The molecule has 0 saturated heterocycles. The summed E-state index contributed by atoms with van der Waals surface area (Å²) in [5.41, 5.74) is 7.24. The first-order chi connectivity index (χ1) is 7.27. The minimum atomic E-state index is 0.126. The summed E-state index contributed by atoms with van der Waals surface area (Å²) < 4.78 is 0. The summed E-state index contributed by atoms with van der Waals surface area (Å²) in [6.07, 6.45) is 5.03. The third-order valence-electron chi connectivity index (χ3n) is 1.92. The van der Waals surface area contributed by atoms with Crippen LogP contribution in [0.5, 0.6) is 0 Å². The van der Waals surface area contributed by atoms with Gasteiger partial charge in [0.15, 0.2) is 5.84 Å². The minimum Gasteiger partial charge on any atom is -0.409 e. The Kier molecular flexibility index (Phi) is 4.77. The molecule has 0 amide bonds. The molecule has 15 heavy (non-hydrogen) atoms. The van der Waals surface area contributed by atoms with Crippen LogP contribution in [0.2, 0.25) is 0 Å². The maximum Gasteiger partial charge on any atom is 0.170 e. The summed E-state index contributed by atoms with van der Waals surface area (Å²) in [6, 6.07) is 7.47. The molecule has 0 atom stereocenters. The Labute approximate surface area is 94.7 Å². The van der Waals surface area contributed by atoms with Crippen molar-refractivity contribution in [2.45, 2.75) is 6.42 Å². The highest BCUT2D eigenvalue weighted by Crippen LogP contribution is 2.06. The lowest BCUT2D eigenvalue weighted by Gasteiger charge is -1.98. The quantitative estimate of drug-likeness (QED) is 0.240. The Morgan fingerprint density at radius 1 is 1.40 bits per heavy atom. The molecule has 0 aliphatic carbocycles. The van der Waals surface area contributed by atoms with Gasteiger partial charge in [-0.15, -0.1) is 0 Å². The molecule has 3 N–H and O–H groups in total. The van der Waals surface area contributed by atoms with Gasteiger partial charge in [-0.1, -0.05) is 41.6 Å². The summed E-state index contributed by atoms with van der Waals surface area (Å²) in [7, 11) is 0. The summed E-state index contributed by atoms with van der Waals surface area (Å²) in [4.78, 5) is 0. The molecule has 1 rings (SSSR count). The van der Waals surface area contributed by atoms with Gasteiger partial charge in [0, 0.05) is 5.56 Å². The zero-order valence-electron chi connectivity index (χ0n) is 8.30. The van der Waals surface area contributed by atoms with Crippen molar-refractivity contribution in [1.29, 1.82) is 0 Å². The van der Waals surface area contributed by atoms with E-state index in [9.17, 15) is 0 Å². The highest BCUT2D eigenvalue weighted by Gasteiger charge is 1.96. The van der Waals surface area contributed by atoms with Gasteiger partial charge in [0.25, 0.3) is 0 Å². The molecule has 0 saturated carbocycles. The number of oxime groups is 1. The van der Waals surface area contributed by atoms with Crippen LogP contribution in [-0.4, -0.2) is 16.8 Å². The Morgan fingerprint density at radius 3 is 2.60 bits per heavy atom. The summed E-state index contributed by atoms with van der Waals surface area (Å²) in [5, 5.41) is 11.4. The van der Waals surface area contributed by atoms with Crippen molar-refractivity contribution in [3.63, 3.8) is 0 Å². The molecule has 0 heterocycles. The third-order valence-corrected chi connectivity index (χ3v) is 2.18. The van der Waals surface area contributed by atoms with Gasteiger partial charge in [-0.2, -0.15) is 12.6 Å². The number of benzene rings is 1. The fourth-order valence-corrected chi connectivity index (χ4v) is 1.27. The standard InChI is InChI=1S/C11H14N2OS/c12-11(13-14)10-6-4-9(5-7-10)3-1-2-8-15/h1,3-7,14-15H,2,8H2,(H2,12,13). The van der Waals surface area contributed by atoms with Crippen LogP contribution in [0.4, 0.5) is 0 Å². The first-order valence-corrected chi connectivity index (χ1v) is 5.26. The van der Waals surface area contributed by atoms with Crippen LogP contribution in [0.3, 0.4) is 0 Å². The molecule has 3 nitrogen and oxygen atoms in total. The lowest BCUT2D eigenvalue weighted by atomic mass is 10.1. The molecular formula is C11H14N2OS. The van der Waals surface area contributed by atoms with Crippen molar-refractivity contribution in [2.24, 2.45) is 10.9 Å². The molecule has 0 unspecified atom stereocenters. The van der Waals surface area contributed by atoms with Crippen molar-refractivity contribution >= 4 is 24.5 Å². The van der Waals surface area contributed by atoms with Crippen LogP contribution in [0.25, 0.3) is 6.08 Å². The van der Waals surface area contributed by atoms with Crippen LogP contribution < -0.4 is 5.73 Å².